The van der Waals surface area contributed by atoms with Crippen molar-refractivity contribution in [1.29, 1.82) is 0 Å². The third kappa shape index (κ3) is 10.2. The average molecular weight is 633 g/mol. The molecule has 0 saturated heterocycles. The summed E-state index contributed by atoms with van der Waals surface area (Å²) in [6.07, 6.45) is 0.896. The minimum atomic E-state index is -0.946. The van der Waals surface area contributed by atoms with E-state index in [1.54, 1.807) is 18.2 Å². The number of nitrogens with one attached hydrogen (secondary N) is 1. The van der Waals surface area contributed by atoms with Gasteiger partial charge in [-0.2, -0.15) is 0 Å². The molecular weight excluding hydrogens is 591 g/mol. The molecule has 4 rings (SSSR count). The molecule has 238 valence electrons. The van der Waals surface area contributed by atoms with Gasteiger partial charge in [-0.05, 0) is 55.9 Å². The first kappa shape index (κ1) is 35.3. The molecule has 2 atom stereocenters. The SMILES string of the molecule is CCC(=O)OC(Cc1ccccc1)(c1ccccc1)C(C)CN(C)C.Cc1ccc(Nc2c(F)cccc2Cl)c(CC(=O)O)c1. The summed E-state index contributed by atoms with van der Waals surface area (Å²) in [6.45, 7) is 6.71. The van der Waals surface area contributed by atoms with Crippen LogP contribution in [0.2, 0.25) is 5.02 Å². The third-order valence-electron chi connectivity index (χ3n) is 7.42. The maximum atomic E-state index is 13.7. The van der Waals surface area contributed by atoms with Crippen molar-refractivity contribution in [2.75, 3.05) is 26.0 Å². The lowest BCUT2D eigenvalue weighted by atomic mass is 9.77. The molecule has 0 amide bonds. The number of hydrogen-bond acceptors (Lipinski definition) is 5. The van der Waals surface area contributed by atoms with Gasteiger partial charge in [-0.1, -0.05) is 110 Å². The van der Waals surface area contributed by atoms with Gasteiger partial charge in [-0.25, -0.2) is 4.39 Å². The monoisotopic (exact) mass is 632 g/mol. The Morgan fingerprint density at radius 1 is 0.978 bits per heavy atom. The number of aryl methyl sites for hydroxylation is 1. The van der Waals surface area contributed by atoms with Crippen molar-refractivity contribution in [2.24, 2.45) is 5.92 Å². The molecule has 0 heterocycles. The highest BCUT2D eigenvalue weighted by atomic mass is 35.5. The van der Waals surface area contributed by atoms with Gasteiger partial charge in [0.1, 0.15) is 11.4 Å². The number of benzene rings is 4. The molecule has 4 aromatic rings. The van der Waals surface area contributed by atoms with Crippen molar-refractivity contribution < 1.29 is 23.8 Å². The summed E-state index contributed by atoms with van der Waals surface area (Å²) >= 11 is 5.95. The minimum Gasteiger partial charge on any atom is -0.481 e. The van der Waals surface area contributed by atoms with Crippen LogP contribution in [-0.4, -0.2) is 42.6 Å². The van der Waals surface area contributed by atoms with E-state index in [9.17, 15) is 14.0 Å². The van der Waals surface area contributed by atoms with Gasteiger partial charge in [-0.15, -0.1) is 0 Å². The number of hydrogen-bond donors (Lipinski definition) is 2. The number of ether oxygens (including phenoxy) is 1. The molecule has 0 saturated carbocycles. The summed E-state index contributed by atoms with van der Waals surface area (Å²) in [4.78, 5) is 25.4. The molecule has 6 nitrogen and oxygen atoms in total. The quantitative estimate of drug-likeness (QED) is 0.153. The fourth-order valence-electron chi connectivity index (χ4n) is 5.25. The van der Waals surface area contributed by atoms with E-state index in [0.717, 1.165) is 17.7 Å². The highest BCUT2D eigenvalue weighted by molar-refractivity contribution is 6.33. The maximum absolute atomic E-state index is 13.7. The van der Waals surface area contributed by atoms with Crippen molar-refractivity contribution in [3.05, 3.63) is 130 Å². The van der Waals surface area contributed by atoms with Gasteiger partial charge in [0.2, 0.25) is 0 Å². The van der Waals surface area contributed by atoms with Crippen LogP contribution in [0.4, 0.5) is 15.8 Å². The topological polar surface area (TPSA) is 78.9 Å². The van der Waals surface area contributed by atoms with Gasteiger partial charge in [0.25, 0.3) is 0 Å². The van der Waals surface area contributed by atoms with Crippen LogP contribution in [0.25, 0.3) is 0 Å². The van der Waals surface area contributed by atoms with Crippen LogP contribution >= 0.6 is 11.6 Å². The van der Waals surface area contributed by atoms with Crippen LogP contribution in [0.15, 0.2) is 97.1 Å². The first-order valence-corrected chi connectivity index (χ1v) is 15.3. The van der Waals surface area contributed by atoms with Crippen molar-refractivity contribution in [3.63, 3.8) is 0 Å². The van der Waals surface area contributed by atoms with E-state index in [4.69, 9.17) is 21.4 Å². The average Bonchev–Trinajstić information content (AvgIpc) is 3.00. The Bertz CT molecular complexity index is 1530. The number of aliphatic carboxylic acids is 1. The summed E-state index contributed by atoms with van der Waals surface area (Å²) in [5, 5.41) is 12.0. The summed E-state index contributed by atoms with van der Waals surface area (Å²) in [5.74, 6) is -1.45. The van der Waals surface area contributed by atoms with Gasteiger partial charge in [0.15, 0.2) is 0 Å². The smallest absolute Gasteiger partial charge is 0.307 e. The largest absolute Gasteiger partial charge is 0.481 e. The summed E-state index contributed by atoms with van der Waals surface area (Å²) in [5.41, 5.74) is 3.73. The molecule has 0 spiro atoms. The second-order valence-electron chi connectivity index (χ2n) is 11.4. The molecule has 8 heteroatoms. The van der Waals surface area contributed by atoms with Crippen molar-refractivity contribution in [2.45, 2.75) is 45.6 Å². The molecule has 0 radical (unpaired) electrons. The molecule has 0 aliphatic heterocycles. The minimum absolute atomic E-state index is 0.139. The molecule has 2 unspecified atom stereocenters. The van der Waals surface area contributed by atoms with Crippen LogP contribution in [-0.2, 0) is 32.8 Å². The Kier molecular flexibility index (Phi) is 13.1. The zero-order valence-corrected chi connectivity index (χ0v) is 27.3. The summed E-state index contributed by atoms with van der Waals surface area (Å²) in [7, 11) is 4.10. The second kappa shape index (κ2) is 16.8. The summed E-state index contributed by atoms with van der Waals surface area (Å²) < 4.78 is 19.9. The number of halogens is 2. The van der Waals surface area contributed by atoms with Crippen LogP contribution in [0, 0.1) is 18.7 Å². The summed E-state index contributed by atoms with van der Waals surface area (Å²) in [6, 6.07) is 30.1. The number of carboxylic acids is 1. The fraction of sp³-hybridized carbons (Fsp3) is 0.297. The molecule has 0 fully saturated rings. The van der Waals surface area contributed by atoms with Gasteiger partial charge in [0.05, 0.1) is 17.1 Å². The molecule has 0 aliphatic carbocycles. The highest BCUT2D eigenvalue weighted by Gasteiger charge is 2.42. The molecule has 0 aromatic heterocycles. The van der Waals surface area contributed by atoms with Crippen LogP contribution in [0.5, 0.6) is 0 Å². The number of rotatable bonds is 12. The Balaban J connectivity index is 0.000000251. The van der Waals surface area contributed by atoms with E-state index in [0.29, 0.717) is 24.1 Å². The van der Waals surface area contributed by atoms with Gasteiger partial charge in [-0.3, -0.25) is 9.59 Å². The predicted molar refractivity (Wildman–Crippen MR) is 180 cm³/mol. The van der Waals surface area contributed by atoms with E-state index in [2.05, 4.69) is 55.5 Å². The van der Waals surface area contributed by atoms with E-state index in [-0.39, 0.29) is 29.0 Å². The zero-order chi connectivity index (χ0) is 33.0. The lowest BCUT2D eigenvalue weighted by Gasteiger charge is -2.40. The van der Waals surface area contributed by atoms with Crippen LogP contribution < -0.4 is 5.32 Å². The van der Waals surface area contributed by atoms with E-state index in [1.165, 1.54) is 17.7 Å². The molecule has 45 heavy (non-hydrogen) atoms. The number of nitrogens with zero attached hydrogens (tertiary/aromatic N) is 1. The Morgan fingerprint density at radius 3 is 2.20 bits per heavy atom. The number of carbonyl (C=O) groups is 2. The number of carboxylic acid groups (broad SMARTS) is 1. The molecule has 4 aromatic carbocycles. The van der Waals surface area contributed by atoms with E-state index >= 15 is 0 Å². The first-order valence-electron chi connectivity index (χ1n) is 14.9. The number of anilines is 2. The molecule has 2 N–H and O–H groups in total. The van der Waals surface area contributed by atoms with E-state index < -0.39 is 17.4 Å². The van der Waals surface area contributed by atoms with Gasteiger partial charge >= 0.3 is 11.9 Å². The van der Waals surface area contributed by atoms with E-state index in [1.807, 2.05) is 56.3 Å². The molecule has 0 aliphatic rings. The molecule has 0 bridgehead atoms. The maximum Gasteiger partial charge on any atom is 0.307 e. The van der Waals surface area contributed by atoms with Crippen molar-refractivity contribution in [3.8, 4) is 0 Å². The van der Waals surface area contributed by atoms with Gasteiger partial charge < -0.3 is 20.1 Å². The van der Waals surface area contributed by atoms with Crippen molar-refractivity contribution in [1.82, 2.24) is 4.90 Å². The number of esters is 1. The fourth-order valence-corrected chi connectivity index (χ4v) is 5.46. The Labute approximate surface area is 270 Å². The normalized spacial score (nSPS) is 12.8. The van der Waals surface area contributed by atoms with Crippen LogP contribution in [0.1, 0.15) is 42.5 Å². The second-order valence-corrected chi connectivity index (χ2v) is 11.8. The van der Waals surface area contributed by atoms with Gasteiger partial charge in [0, 0.05) is 31.0 Å². The van der Waals surface area contributed by atoms with Crippen molar-refractivity contribution >= 4 is 34.9 Å². The predicted octanol–water partition coefficient (Wildman–Crippen LogP) is 8.43. The lowest BCUT2D eigenvalue weighted by Crippen LogP contribution is -2.44. The first-order chi connectivity index (χ1) is 21.4. The highest BCUT2D eigenvalue weighted by Crippen LogP contribution is 2.38. The molecular formula is C37H42ClFN2O4. The number of para-hydroxylation sites is 1. The van der Waals surface area contributed by atoms with Crippen LogP contribution in [0.3, 0.4) is 0 Å². The number of carbonyl (C=O) groups excluding carboxylic acids is 1. The zero-order valence-electron chi connectivity index (χ0n) is 26.5. The Hall–Kier alpha value is -4.20. The standard InChI is InChI=1S/C22H29NO2.C15H13ClFNO2/c1-5-21(24)25-22(18(2)17-23(3)4,20-14-10-7-11-15-20)16-19-12-8-6-9-13-19;1-9-5-6-13(10(7-9)8-14(19)20)18-15-11(16)3-2-4-12(15)17/h6-15,18H,5,16-17H2,1-4H3;2-7,18H,8H2,1H3,(H,19,20). The Morgan fingerprint density at radius 2 is 1.62 bits per heavy atom. The lowest BCUT2D eigenvalue weighted by molar-refractivity contribution is -0.168. The third-order valence-corrected chi connectivity index (χ3v) is 7.73.